The van der Waals surface area contributed by atoms with E-state index in [9.17, 15) is 21.6 Å². The molecule has 0 bridgehead atoms. The zero-order valence-corrected chi connectivity index (χ0v) is 15.1. The molecule has 0 unspecified atom stereocenters. The van der Waals surface area contributed by atoms with E-state index in [2.05, 4.69) is 11.6 Å². The summed E-state index contributed by atoms with van der Waals surface area (Å²) < 4.78 is 68.4. The molecule has 3 nitrogen and oxygen atoms in total. The zero-order valence-electron chi connectivity index (χ0n) is 14.3. The van der Waals surface area contributed by atoms with Crippen molar-refractivity contribution in [2.75, 3.05) is 0 Å². The number of hydrogen-bond donors (Lipinski definition) is 1. The fraction of sp³-hybridized carbons (Fsp3) is 0.368. The van der Waals surface area contributed by atoms with E-state index in [-0.39, 0.29) is 22.1 Å². The largest absolute Gasteiger partial charge is 0.240 e. The summed E-state index contributed by atoms with van der Waals surface area (Å²) in [5.74, 6) is -2.47. The van der Waals surface area contributed by atoms with Crippen LogP contribution in [-0.2, 0) is 10.0 Å². The fourth-order valence-electron chi connectivity index (χ4n) is 3.28. The Morgan fingerprint density at radius 1 is 0.923 bits per heavy atom. The predicted octanol–water partition coefficient (Wildman–Crippen LogP) is 4.63. The SMILES string of the molecule is CC1CCC(NS(=O)(=O)c2ccc(-c3c(F)cc(F)cc3F)cc2)CC1. The van der Waals surface area contributed by atoms with Crippen LogP contribution in [0.2, 0.25) is 0 Å². The Bertz CT molecular complexity index is 866. The molecule has 0 radical (unpaired) electrons. The van der Waals surface area contributed by atoms with E-state index < -0.39 is 27.5 Å². The first-order valence-corrected chi connectivity index (χ1v) is 10.0. The fourth-order valence-corrected chi connectivity index (χ4v) is 4.59. The van der Waals surface area contributed by atoms with Gasteiger partial charge in [0.1, 0.15) is 17.5 Å². The van der Waals surface area contributed by atoms with E-state index >= 15 is 0 Å². The molecule has 0 spiro atoms. The van der Waals surface area contributed by atoms with Crippen molar-refractivity contribution in [1.82, 2.24) is 4.72 Å². The van der Waals surface area contributed by atoms with E-state index in [1.807, 2.05) is 0 Å². The second kappa shape index (κ2) is 7.40. The number of hydrogen-bond acceptors (Lipinski definition) is 2. The molecule has 0 aliphatic heterocycles. The first-order chi connectivity index (χ1) is 12.3. The molecule has 0 amide bonds. The van der Waals surface area contributed by atoms with Gasteiger partial charge in [0.15, 0.2) is 0 Å². The van der Waals surface area contributed by atoms with Gasteiger partial charge in [-0.1, -0.05) is 19.1 Å². The van der Waals surface area contributed by atoms with E-state index in [1.54, 1.807) is 0 Å². The average molecular weight is 383 g/mol. The van der Waals surface area contributed by atoms with E-state index in [4.69, 9.17) is 0 Å². The summed E-state index contributed by atoms with van der Waals surface area (Å²) in [4.78, 5) is 0.0304. The Labute approximate surface area is 151 Å². The smallest absolute Gasteiger partial charge is 0.208 e. The van der Waals surface area contributed by atoms with Crippen molar-refractivity contribution in [2.45, 2.75) is 43.5 Å². The summed E-state index contributed by atoms with van der Waals surface area (Å²) in [6.45, 7) is 2.15. The van der Waals surface area contributed by atoms with Crippen LogP contribution in [0.1, 0.15) is 32.6 Å². The van der Waals surface area contributed by atoms with Crippen LogP contribution in [0, 0.1) is 23.4 Å². The van der Waals surface area contributed by atoms with E-state index in [0.717, 1.165) is 25.7 Å². The minimum Gasteiger partial charge on any atom is -0.208 e. The van der Waals surface area contributed by atoms with Crippen molar-refractivity contribution in [2.24, 2.45) is 5.92 Å². The Hall–Kier alpha value is -1.86. The van der Waals surface area contributed by atoms with Gasteiger partial charge in [-0.3, -0.25) is 0 Å². The van der Waals surface area contributed by atoms with Gasteiger partial charge < -0.3 is 0 Å². The Morgan fingerprint density at radius 2 is 1.46 bits per heavy atom. The van der Waals surface area contributed by atoms with Gasteiger partial charge in [-0.15, -0.1) is 0 Å². The summed E-state index contributed by atoms with van der Waals surface area (Å²) in [6.07, 6.45) is 3.56. The lowest BCUT2D eigenvalue weighted by atomic mass is 9.88. The molecule has 1 fully saturated rings. The maximum Gasteiger partial charge on any atom is 0.240 e. The van der Waals surface area contributed by atoms with Gasteiger partial charge in [-0.25, -0.2) is 26.3 Å². The topological polar surface area (TPSA) is 46.2 Å². The summed E-state index contributed by atoms with van der Waals surface area (Å²) in [5.41, 5.74) is -0.241. The molecule has 26 heavy (non-hydrogen) atoms. The highest BCUT2D eigenvalue weighted by Crippen LogP contribution is 2.29. The highest BCUT2D eigenvalue weighted by atomic mass is 32.2. The van der Waals surface area contributed by atoms with Crippen LogP contribution >= 0.6 is 0 Å². The molecule has 1 aliphatic carbocycles. The summed E-state index contributed by atoms with van der Waals surface area (Å²) in [7, 11) is -3.70. The van der Waals surface area contributed by atoms with Crippen LogP contribution < -0.4 is 4.72 Å². The van der Waals surface area contributed by atoms with Crippen LogP contribution in [0.15, 0.2) is 41.3 Å². The van der Waals surface area contributed by atoms with Crippen molar-refractivity contribution in [1.29, 1.82) is 0 Å². The summed E-state index contributed by atoms with van der Waals surface area (Å²) >= 11 is 0. The number of nitrogens with one attached hydrogen (secondary N) is 1. The third kappa shape index (κ3) is 4.10. The van der Waals surface area contributed by atoms with Gasteiger partial charge in [-0.2, -0.15) is 0 Å². The second-order valence-corrected chi connectivity index (χ2v) is 8.56. The maximum absolute atomic E-state index is 13.9. The molecule has 7 heteroatoms. The third-order valence-corrected chi connectivity index (χ3v) is 6.33. The highest BCUT2D eigenvalue weighted by Gasteiger charge is 2.24. The van der Waals surface area contributed by atoms with Gasteiger partial charge in [0.25, 0.3) is 0 Å². The molecule has 0 aromatic heterocycles. The number of halogens is 3. The van der Waals surface area contributed by atoms with Crippen molar-refractivity contribution in [3.8, 4) is 11.1 Å². The molecule has 0 heterocycles. The molecule has 3 rings (SSSR count). The lowest BCUT2D eigenvalue weighted by molar-refractivity contribution is 0.332. The third-order valence-electron chi connectivity index (χ3n) is 4.80. The van der Waals surface area contributed by atoms with Crippen LogP contribution in [0.5, 0.6) is 0 Å². The lowest BCUT2D eigenvalue weighted by Crippen LogP contribution is -2.37. The molecule has 0 atom stereocenters. The van der Waals surface area contributed by atoms with Gasteiger partial charge in [0.2, 0.25) is 10.0 Å². The lowest BCUT2D eigenvalue weighted by Gasteiger charge is -2.26. The van der Waals surface area contributed by atoms with Crippen LogP contribution in [0.3, 0.4) is 0 Å². The van der Waals surface area contributed by atoms with E-state index in [0.29, 0.717) is 18.1 Å². The molecular weight excluding hydrogens is 363 g/mol. The van der Waals surface area contributed by atoms with E-state index in [1.165, 1.54) is 24.3 Å². The first kappa shape index (κ1) is 18.9. The molecule has 1 saturated carbocycles. The molecule has 2 aromatic carbocycles. The zero-order chi connectivity index (χ0) is 18.9. The molecule has 140 valence electrons. The minimum absolute atomic E-state index is 0.0304. The normalized spacial score (nSPS) is 20.9. The number of benzene rings is 2. The van der Waals surface area contributed by atoms with Crippen LogP contribution in [0.4, 0.5) is 13.2 Å². The molecule has 1 N–H and O–H groups in total. The number of rotatable bonds is 4. The number of sulfonamides is 1. The van der Waals surface area contributed by atoms with Gasteiger partial charge >= 0.3 is 0 Å². The maximum atomic E-state index is 13.9. The van der Waals surface area contributed by atoms with Crippen molar-refractivity contribution >= 4 is 10.0 Å². The molecule has 0 saturated heterocycles. The van der Waals surface area contributed by atoms with Gasteiger partial charge in [0.05, 0.1) is 10.5 Å². The monoisotopic (exact) mass is 383 g/mol. The second-order valence-electron chi connectivity index (χ2n) is 6.85. The first-order valence-electron chi connectivity index (χ1n) is 8.53. The van der Waals surface area contributed by atoms with Crippen molar-refractivity contribution in [3.63, 3.8) is 0 Å². The standard InChI is InChI=1S/C19H20F3NO2S/c1-12-2-6-15(7-3-12)23-26(24,25)16-8-4-13(5-9-16)19-17(21)10-14(20)11-18(19)22/h4-5,8-12,15,23H,2-3,6-7H2,1H3. The Balaban J connectivity index is 1.81. The minimum atomic E-state index is -3.70. The van der Waals surface area contributed by atoms with Crippen LogP contribution in [-0.4, -0.2) is 14.5 Å². The summed E-state index contributed by atoms with van der Waals surface area (Å²) in [5, 5.41) is 0. The summed E-state index contributed by atoms with van der Waals surface area (Å²) in [6, 6.07) is 6.32. The quantitative estimate of drug-likeness (QED) is 0.837. The predicted molar refractivity (Wildman–Crippen MR) is 93.5 cm³/mol. The molecule has 1 aliphatic rings. The molecular formula is C19H20F3NO2S. The van der Waals surface area contributed by atoms with Gasteiger partial charge in [-0.05, 0) is 49.3 Å². The highest BCUT2D eigenvalue weighted by molar-refractivity contribution is 7.89. The Morgan fingerprint density at radius 3 is 2.00 bits per heavy atom. The van der Waals surface area contributed by atoms with Crippen molar-refractivity contribution < 1.29 is 21.6 Å². The van der Waals surface area contributed by atoms with Crippen LogP contribution in [0.25, 0.3) is 11.1 Å². The van der Waals surface area contributed by atoms with Crippen molar-refractivity contribution in [3.05, 3.63) is 53.8 Å². The molecule has 2 aromatic rings. The average Bonchev–Trinajstić information content (AvgIpc) is 2.56. The Kier molecular flexibility index (Phi) is 5.39. The van der Waals surface area contributed by atoms with Gasteiger partial charge in [0, 0.05) is 18.2 Å².